The molecule has 2 aromatic rings. The van der Waals surface area contributed by atoms with Crippen LogP contribution in [0.5, 0.6) is 0 Å². The number of hydrogen-bond donors (Lipinski definition) is 1. The molecule has 2 aliphatic rings. The zero-order chi connectivity index (χ0) is 12.7. The minimum Gasteiger partial charge on any atom is -0.378 e. The molecule has 2 nitrogen and oxygen atoms in total. The van der Waals surface area contributed by atoms with E-state index < -0.39 is 0 Å². The molecule has 0 radical (unpaired) electrons. The molecule has 1 aromatic heterocycles. The Morgan fingerprint density at radius 3 is 2.79 bits per heavy atom. The van der Waals surface area contributed by atoms with E-state index in [0.717, 1.165) is 6.42 Å². The van der Waals surface area contributed by atoms with Gasteiger partial charge >= 0.3 is 0 Å². The number of nitrogens with zero attached hydrogens (tertiary/aromatic N) is 1. The van der Waals surface area contributed by atoms with E-state index in [2.05, 4.69) is 58.9 Å². The minimum absolute atomic E-state index is 0.387. The molecule has 4 rings (SSSR count). The van der Waals surface area contributed by atoms with E-state index in [4.69, 9.17) is 0 Å². The van der Waals surface area contributed by atoms with Gasteiger partial charge in [-0.15, -0.1) is 0 Å². The molecule has 3 atom stereocenters. The Balaban J connectivity index is 1.80. The molecule has 0 bridgehead atoms. The van der Waals surface area contributed by atoms with Gasteiger partial charge in [0.1, 0.15) is 0 Å². The van der Waals surface area contributed by atoms with Gasteiger partial charge in [-0.2, -0.15) is 0 Å². The molecule has 1 N–H and O–H groups in total. The molecule has 0 fully saturated rings. The van der Waals surface area contributed by atoms with Crippen LogP contribution in [0.4, 0.5) is 5.69 Å². The summed E-state index contributed by atoms with van der Waals surface area (Å²) in [6.07, 6.45) is 9.62. The van der Waals surface area contributed by atoms with E-state index in [9.17, 15) is 0 Å². The van der Waals surface area contributed by atoms with Gasteiger partial charge < -0.3 is 5.32 Å². The first-order valence-corrected chi connectivity index (χ1v) is 6.85. The Hall–Kier alpha value is -2.09. The van der Waals surface area contributed by atoms with Crippen molar-refractivity contribution in [2.24, 2.45) is 5.92 Å². The average molecular weight is 248 g/mol. The fraction of sp³-hybridized carbons (Fsp3) is 0.235. The van der Waals surface area contributed by atoms with Crippen molar-refractivity contribution < 1.29 is 0 Å². The molecule has 19 heavy (non-hydrogen) atoms. The topological polar surface area (TPSA) is 24.9 Å². The van der Waals surface area contributed by atoms with Crippen LogP contribution in [0.15, 0.2) is 60.9 Å². The van der Waals surface area contributed by atoms with Gasteiger partial charge in [0.15, 0.2) is 0 Å². The third-order valence-corrected chi connectivity index (χ3v) is 4.34. The fourth-order valence-electron chi connectivity index (χ4n) is 3.44. The van der Waals surface area contributed by atoms with Crippen molar-refractivity contribution in [2.75, 3.05) is 5.32 Å². The van der Waals surface area contributed by atoms with Crippen molar-refractivity contribution >= 4 is 5.69 Å². The quantitative estimate of drug-likeness (QED) is 0.774. The largest absolute Gasteiger partial charge is 0.378 e. The van der Waals surface area contributed by atoms with Crippen LogP contribution < -0.4 is 5.32 Å². The number of hydrogen-bond acceptors (Lipinski definition) is 2. The summed E-state index contributed by atoms with van der Waals surface area (Å²) in [6.45, 7) is 0. The van der Waals surface area contributed by atoms with E-state index in [0.29, 0.717) is 17.9 Å². The van der Waals surface area contributed by atoms with E-state index in [1.54, 1.807) is 0 Å². The fourth-order valence-corrected chi connectivity index (χ4v) is 3.44. The molecule has 1 aliphatic heterocycles. The van der Waals surface area contributed by atoms with Crippen LogP contribution in [0.2, 0.25) is 0 Å². The zero-order valence-corrected chi connectivity index (χ0v) is 10.7. The second kappa shape index (κ2) is 4.23. The highest BCUT2D eigenvalue weighted by molar-refractivity contribution is 5.59. The molecule has 2 heteroatoms. The highest BCUT2D eigenvalue weighted by Gasteiger charge is 2.37. The number of allylic oxidation sites excluding steroid dienone is 2. The predicted molar refractivity (Wildman–Crippen MR) is 77.0 cm³/mol. The van der Waals surface area contributed by atoms with Crippen molar-refractivity contribution in [1.29, 1.82) is 0 Å². The van der Waals surface area contributed by atoms with E-state index in [-0.39, 0.29) is 0 Å². The lowest BCUT2D eigenvalue weighted by molar-refractivity contribution is 0.425. The van der Waals surface area contributed by atoms with Gasteiger partial charge in [0.05, 0.1) is 6.04 Å². The monoisotopic (exact) mass is 248 g/mol. The van der Waals surface area contributed by atoms with E-state index in [1.807, 2.05) is 12.4 Å². The molecular formula is C17H16N2. The third kappa shape index (κ3) is 1.67. The molecule has 1 aromatic carbocycles. The van der Waals surface area contributed by atoms with Crippen LogP contribution in [0, 0.1) is 5.92 Å². The lowest BCUT2D eigenvalue weighted by atomic mass is 9.77. The van der Waals surface area contributed by atoms with Crippen molar-refractivity contribution in [3.05, 3.63) is 72.1 Å². The molecule has 0 amide bonds. The Labute approximate surface area is 113 Å². The second-order valence-electron chi connectivity index (χ2n) is 5.34. The summed E-state index contributed by atoms with van der Waals surface area (Å²) in [5.74, 6) is 1.17. The summed E-state index contributed by atoms with van der Waals surface area (Å²) in [7, 11) is 0. The molecule has 2 heterocycles. The molecule has 0 unspecified atom stereocenters. The number of benzene rings is 1. The summed E-state index contributed by atoms with van der Waals surface area (Å²) in [5.41, 5.74) is 4.05. The van der Waals surface area contributed by atoms with Gasteiger partial charge in [0.25, 0.3) is 0 Å². The van der Waals surface area contributed by atoms with E-state index >= 15 is 0 Å². The molecule has 0 spiro atoms. The molecule has 94 valence electrons. The highest BCUT2D eigenvalue weighted by atomic mass is 15.0. The standard InChI is InChI=1S/C17H16N2/c1-2-7-16-14(4-1)13-5-3-6-15(13)17(19-16)12-8-10-18-11-9-12/h1-5,7-11,13,15,17,19H,6H2/t13-,15+,17+/m1/s1. The van der Waals surface area contributed by atoms with Crippen LogP contribution in [0.25, 0.3) is 0 Å². The van der Waals surface area contributed by atoms with Crippen molar-refractivity contribution in [3.8, 4) is 0 Å². The average Bonchev–Trinajstić information content (AvgIpc) is 2.97. The number of nitrogens with one attached hydrogen (secondary N) is 1. The summed E-state index contributed by atoms with van der Waals surface area (Å²) >= 11 is 0. The van der Waals surface area contributed by atoms with Gasteiger partial charge in [-0.25, -0.2) is 0 Å². The lowest BCUT2D eigenvalue weighted by Gasteiger charge is -2.37. The first-order chi connectivity index (χ1) is 9.43. The Bertz CT molecular complexity index is 618. The Morgan fingerprint density at radius 1 is 1.05 bits per heavy atom. The van der Waals surface area contributed by atoms with Crippen molar-refractivity contribution in [2.45, 2.75) is 18.4 Å². The van der Waals surface area contributed by atoms with E-state index in [1.165, 1.54) is 16.8 Å². The number of para-hydroxylation sites is 1. The van der Waals surface area contributed by atoms with Crippen LogP contribution >= 0.6 is 0 Å². The molecule has 1 aliphatic carbocycles. The summed E-state index contributed by atoms with van der Waals surface area (Å²) in [5, 5.41) is 3.72. The predicted octanol–water partition coefficient (Wildman–Crippen LogP) is 3.91. The van der Waals surface area contributed by atoms with Gasteiger partial charge in [-0.05, 0) is 41.7 Å². The molecular weight excluding hydrogens is 232 g/mol. The second-order valence-corrected chi connectivity index (χ2v) is 5.34. The summed E-state index contributed by atoms with van der Waals surface area (Å²) in [6, 6.07) is 13.3. The zero-order valence-electron chi connectivity index (χ0n) is 10.7. The number of aromatic nitrogens is 1. The Kier molecular flexibility index (Phi) is 2.41. The highest BCUT2D eigenvalue weighted by Crippen LogP contribution is 2.49. The van der Waals surface area contributed by atoms with Gasteiger partial charge in [-0.1, -0.05) is 30.4 Å². The van der Waals surface area contributed by atoms with Gasteiger partial charge in [-0.3, -0.25) is 4.98 Å². The molecule has 0 saturated carbocycles. The van der Waals surface area contributed by atoms with Crippen LogP contribution in [0.3, 0.4) is 0 Å². The van der Waals surface area contributed by atoms with Crippen LogP contribution in [0.1, 0.15) is 29.5 Å². The van der Waals surface area contributed by atoms with Gasteiger partial charge in [0, 0.05) is 24.0 Å². The SMILES string of the molecule is C1=C[C@@H]2c3ccccc3N[C@@H](c3ccncc3)[C@H]2C1. The number of pyridine rings is 1. The summed E-state index contributed by atoms with van der Waals surface area (Å²) in [4.78, 5) is 4.13. The first kappa shape index (κ1) is 10.8. The lowest BCUT2D eigenvalue weighted by Crippen LogP contribution is -2.28. The number of anilines is 1. The maximum absolute atomic E-state index is 4.13. The summed E-state index contributed by atoms with van der Waals surface area (Å²) < 4.78 is 0. The molecule has 0 saturated heterocycles. The third-order valence-electron chi connectivity index (χ3n) is 4.34. The van der Waals surface area contributed by atoms with Crippen LogP contribution in [-0.4, -0.2) is 4.98 Å². The first-order valence-electron chi connectivity index (χ1n) is 6.85. The van der Waals surface area contributed by atoms with Crippen molar-refractivity contribution in [3.63, 3.8) is 0 Å². The maximum atomic E-state index is 4.13. The normalized spacial score (nSPS) is 27.5. The van der Waals surface area contributed by atoms with Gasteiger partial charge in [0.2, 0.25) is 0 Å². The Morgan fingerprint density at radius 2 is 1.89 bits per heavy atom. The minimum atomic E-state index is 0.387. The van der Waals surface area contributed by atoms with Crippen molar-refractivity contribution in [1.82, 2.24) is 4.98 Å². The number of fused-ring (bicyclic) bond motifs is 3. The van der Waals surface area contributed by atoms with Crippen LogP contribution in [-0.2, 0) is 0 Å². The maximum Gasteiger partial charge on any atom is 0.0555 e. The smallest absolute Gasteiger partial charge is 0.0555 e. The number of rotatable bonds is 1.